The van der Waals surface area contributed by atoms with Crippen molar-refractivity contribution in [3.8, 4) is 0 Å². The zero-order chi connectivity index (χ0) is 21.1. The average Bonchev–Trinajstić information content (AvgIpc) is 3.15. The molecular weight excluding hydrogens is 381 g/mol. The van der Waals surface area contributed by atoms with E-state index in [1.54, 1.807) is 10.7 Å². The summed E-state index contributed by atoms with van der Waals surface area (Å²) in [4.78, 5) is 14.6. The first-order valence-electron chi connectivity index (χ1n) is 10.8. The maximum atomic E-state index is 13.5. The third-order valence-electron chi connectivity index (χ3n) is 6.17. The van der Waals surface area contributed by atoms with Crippen molar-refractivity contribution in [3.63, 3.8) is 0 Å². The number of nitrogens with one attached hydrogen (secondary N) is 1. The first kappa shape index (κ1) is 20.7. The second-order valence-electron chi connectivity index (χ2n) is 8.79. The number of piperidine rings is 1. The molecule has 1 aromatic heterocycles. The highest BCUT2D eigenvalue weighted by Gasteiger charge is 2.27. The van der Waals surface area contributed by atoms with Gasteiger partial charge in [0.05, 0.1) is 17.9 Å². The van der Waals surface area contributed by atoms with Gasteiger partial charge in [0.25, 0.3) is 0 Å². The zero-order valence-corrected chi connectivity index (χ0v) is 17.6. The van der Waals surface area contributed by atoms with Gasteiger partial charge in [-0.3, -0.25) is 9.69 Å². The van der Waals surface area contributed by atoms with Gasteiger partial charge in [-0.25, -0.2) is 9.07 Å². The smallest absolute Gasteiger partial charge is 0.220 e. The fraction of sp³-hybridized carbons (Fsp3) is 0.522. The van der Waals surface area contributed by atoms with Gasteiger partial charge in [0.2, 0.25) is 5.91 Å². The van der Waals surface area contributed by atoms with Crippen LogP contribution in [0, 0.1) is 11.7 Å². The summed E-state index contributed by atoms with van der Waals surface area (Å²) in [5.74, 6) is 0.393. The summed E-state index contributed by atoms with van der Waals surface area (Å²) in [7, 11) is 0. The van der Waals surface area contributed by atoms with E-state index in [1.165, 1.54) is 17.7 Å². The van der Waals surface area contributed by atoms with Crippen LogP contribution in [0.25, 0.3) is 0 Å². The maximum absolute atomic E-state index is 13.5. The van der Waals surface area contributed by atoms with Crippen LogP contribution in [-0.4, -0.2) is 44.9 Å². The van der Waals surface area contributed by atoms with Crippen LogP contribution in [0.2, 0.25) is 0 Å². The Morgan fingerprint density at radius 3 is 3.00 bits per heavy atom. The molecule has 1 saturated heterocycles. The van der Waals surface area contributed by atoms with Crippen molar-refractivity contribution >= 4 is 5.91 Å². The van der Waals surface area contributed by atoms with Gasteiger partial charge in [-0.05, 0) is 62.8 Å². The monoisotopic (exact) mass is 411 g/mol. The second kappa shape index (κ2) is 9.08. The highest BCUT2D eigenvalue weighted by atomic mass is 19.1. The van der Waals surface area contributed by atoms with Crippen LogP contribution < -0.4 is 5.32 Å². The molecule has 2 aliphatic rings. The maximum Gasteiger partial charge on any atom is 0.220 e. The van der Waals surface area contributed by atoms with Crippen molar-refractivity contribution in [1.29, 1.82) is 0 Å². The molecule has 0 radical (unpaired) electrons. The number of hydrogen-bond acceptors (Lipinski definition) is 4. The van der Waals surface area contributed by atoms with Gasteiger partial charge in [-0.2, -0.15) is 0 Å². The van der Waals surface area contributed by atoms with Crippen molar-refractivity contribution in [3.05, 3.63) is 59.7 Å². The Labute approximate surface area is 177 Å². The van der Waals surface area contributed by atoms with E-state index in [0.717, 1.165) is 50.0 Å². The van der Waals surface area contributed by atoms with E-state index in [9.17, 15) is 9.18 Å². The number of rotatable bonds is 7. The molecule has 1 aromatic carbocycles. The summed E-state index contributed by atoms with van der Waals surface area (Å²) in [6.07, 6.45) is 6.60. The number of benzene rings is 1. The SMILES string of the molecule is C=C1CC(CC(=O)NC2CCCN(Cc3cn([C@@H](C)c4cccc(F)c4)nn3)C2)C1. The highest BCUT2D eigenvalue weighted by molar-refractivity contribution is 5.76. The number of allylic oxidation sites excluding steroid dienone is 1. The van der Waals surface area contributed by atoms with E-state index >= 15 is 0 Å². The third-order valence-corrected chi connectivity index (χ3v) is 6.17. The fourth-order valence-corrected chi connectivity index (χ4v) is 4.49. The van der Waals surface area contributed by atoms with Crippen LogP contribution in [0.4, 0.5) is 4.39 Å². The number of carbonyl (C=O) groups is 1. The molecule has 0 spiro atoms. The van der Waals surface area contributed by atoms with E-state index in [1.807, 2.05) is 19.2 Å². The lowest BCUT2D eigenvalue weighted by atomic mass is 9.79. The summed E-state index contributed by atoms with van der Waals surface area (Å²) >= 11 is 0. The number of carbonyl (C=O) groups excluding carboxylic acids is 1. The summed E-state index contributed by atoms with van der Waals surface area (Å²) < 4.78 is 15.3. The molecule has 6 nitrogen and oxygen atoms in total. The van der Waals surface area contributed by atoms with Gasteiger partial charge >= 0.3 is 0 Å². The first-order chi connectivity index (χ1) is 14.5. The Kier molecular flexibility index (Phi) is 6.27. The summed E-state index contributed by atoms with van der Waals surface area (Å²) in [5.41, 5.74) is 3.01. The molecule has 1 aliphatic carbocycles. The number of halogens is 1. The molecule has 7 heteroatoms. The standard InChI is InChI=1S/C23H30FN5O/c1-16-9-18(10-16)11-23(30)25-21-7-4-8-28(13-21)14-22-15-29(27-26-22)17(2)19-5-3-6-20(24)12-19/h3,5-6,12,15,17-18,21H,1,4,7-11,13-14H2,2H3,(H,25,30)/t17-,21?/m0/s1. The molecule has 2 atom stereocenters. The first-order valence-corrected chi connectivity index (χ1v) is 10.8. The Morgan fingerprint density at radius 1 is 1.40 bits per heavy atom. The molecule has 1 unspecified atom stereocenters. The van der Waals surface area contributed by atoms with Gasteiger partial charge in [0.1, 0.15) is 5.82 Å². The van der Waals surface area contributed by atoms with Crippen LogP contribution in [0.5, 0.6) is 0 Å². The lowest BCUT2D eigenvalue weighted by molar-refractivity contribution is -0.123. The molecular formula is C23H30FN5O. The topological polar surface area (TPSA) is 63.1 Å². The minimum Gasteiger partial charge on any atom is -0.352 e. The lowest BCUT2D eigenvalue weighted by Gasteiger charge is -2.33. The van der Waals surface area contributed by atoms with Crippen LogP contribution in [0.3, 0.4) is 0 Å². The predicted molar refractivity (Wildman–Crippen MR) is 113 cm³/mol. The summed E-state index contributed by atoms with van der Waals surface area (Å²) in [6, 6.07) is 6.68. The van der Waals surface area contributed by atoms with Gasteiger partial charge < -0.3 is 5.32 Å². The zero-order valence-electron chi connectivity index (χ0n) is 17.6. The van der Waals surface area contributed by atoms with Crippen molar-refractivity contribution < 1.29 is 9.18 Å². The Balaban J connectivity index is 1.29. The number of nitrogens with zero attached hydrogens (tertiary/aromatic N) is 4. The highest BCUT2D eigenvalue weighted by Crippen LogP contribution is 2.33. The van der Waals surface area contributed by atoms with Crippen LogP contribution in [0.15, 0.2) is 42.6 Å². The van der Waals surface area contributed by atoms with Crippen molar-refractivity contribution in [1.82, 2.24) is 25.2 Å². The Hall–Kier alpha value is -2.54. The van der Waals surface area contributed by atoms with Crippen molar-refractivity contribution in [2.24, 2.45) is 5.92 Å². The number of amides is 1. The van der Waals surface area contributed by atoms with Crippen molar-refractivity contribution in [2.75, 3.05) is 13.1 Å². The summed E-state index contributed by atoms with van der Waals surface area (Å²) in [5, 5.41) is 11.8. The number of likely N-dealkylation sites (tertiary alicyclic amines) is 1. The molecule has 30 heavy (non-hydrogen) atoms. The lowest BCUT2D eigenvalue weighted by Crippen LogP contribution is -2.47. The van der Waals surface area contributed by atoms with E-state index in [4.69, 9.17) is 0 Å². The van der Waals surface area contributed by atoms with Crippen LogP contribution in [0.1, 0.15) is 56.3 Å². The van der Waals surface area contributed by atoms with Crippen molar-refractivity contribution in [2.45, 2.75) is 57.7 Å². The van der Waals surface area contributed by atoms with Crippen LogP contribution in [-0.2, 0) is 11.3 Å². The third kappa shape index (κ3) is 5.14. The number of hydrogen-bond donors (Lipinski definition) is 1. The quantitative estimate of drug-likeness (QED) is 0.709. The fourth-order valence-electron chi connectivity index (χ4n) is 4.49. The minimum absolute atomic E-state index is 0.0853. The van der Waals surface area contributed by atoms with E-state index < -0.39 is 0 Å². The molecule has 1 aliphatic heterocycles. The van der Waals surface area contributed by atoms with Gasteiger partial charge in [0, 0.05) is 25.6 Å². The Bertz CT molecular complexity index is 903. The Morgan fingerprint density at radius 2 is 2.23 bits per heavy atom. The normalized spacial score (nSPS) is 21.3. The largest absolute Gasteiger partial charge is 0.352 e. The van der Waals surface area contributed by atoms with E-state index in [-0.39, 0.29) is 23.8 Å². The summed E-state index contributed by atoms with van der Waals surface area (Å²) in [6.45, 7) is 8.45. The van der Waals surface area contributed by atoms with Crippen LogP contribution >= 0.6 is 0 Å². The molecule has 0 bridgehead atoms. The predicted octanol–water partition coefficient (Wildman–Crippen LogP) is 3.46. The molecule has 160 valence electrons. The second-order valence-corrected chi connectivity index (χ2v) is 8.79. The number of aromatic nitrogens is 3. The van der Waals surface area contributed by atoms with E-state index in [2.05, 4.69) is 27.1 Å². The molecule has 1 amide bonds. The molecule has 4 rings (SSSR count). The van der Waals surface area contributed by atoms with Gasteiger partial charge in [-0.1, -0.05) is 29.5 Å². The molecule has 2 fully saturated rings. The van der Waals surface area contributed by atoms with E-state index in [0.29, 0.717) is 18.9 Å². The van der Waals surface area contributed by atoms with Gasteiger partial charge in [-0.15, -0.1) is 5.10 Å². The average molecular weight is 412 g/mol. The molecule has 2 aromatic rings. The van der Waals surface area contributed by atoms with Gasteiger partial charge in [0.15, 0.2) is 0 Å². The molecule has 1 saturated carbocycles. The molecule has 2 heterocycles. The minimum atomic E-state index is -0.247. The molecule has 1 N–H and O–H groups in total.